The summed E-state index contributed by atoms with van der Waals surface area (Å²) in [6.07, 6.45) is -0.351. The van der Waals surface area contributed by atoms with E-state index in [-0.39, 0.29) is 6.61 Å². The zero-order valence-electron chi connectivity index (χ0n) is 8.02. The quantitative estimate of drug-likeness (QED) is 0.489. The van der Waals surface area contributed by atoms with E-state index in [9.17, 15) is 10.2 Å². The van der Waals surface area contributed by atoms with Crippen LogP contribution in [0.15, 0.2) is 18.5 Å². The normalized spacial score (nSPS) is 35.9. The maximum atomic E-state index is 9.67. The molecule has 0 aromatic carbocycles. The van der Waals surface area contributed by atoms with Gasteiger partial charge in [0.25, 0.3) is 0 Å². The molecule has 5 N–H and O–H groups in total. The smallest absolute Gasteiger partial charge is 0.162 e. The minimum atomic E-state index is -1.08. The predicted molar refractivity (Wildman–Crippen MR) is 51.9 cm³/mol. The van der Waals surface area contributed by atoms with Crippen LogP contribution < -0.4 is 5.73 Å². The van der Waals surface area contributed by atoms with Crippen LogP contribution in [0.5, 0.6) is 0 Å². The first-order valence-corrected chi connectivity index (χ1v) is 4.69. The van der Waals surface area contributed by atoms with E-state index in [4.69, 9.17) is 15.6 Å². The molecule has 1 aromatic heterocycles. The number of nitrogens with zero attached hydrogens (tertiary/aromatic N) is 1. The number of hydrogen-bond donors (Lipinski definition) is 4. The third kappa shape index (κ3) is 1.72. The van der Waals surface area contributed by atoms with Crippen LogP contribution in [-0.4, -0.2) is 44.8 Å². The first-order chi connectivity index (χ1) is 7.13. The number of nitrogen functional groups attached to an aromatic ring is 1. The molecule has 2 heterocycles. The number of rotatable bonds is 2. The van der Waals surface area contributed by atoms with Gasteiger partial charge in [-0.2, -0.15) is 0 Å². The second-order valence-electron chi connectivity index (χ2n) is 3.62. The third-order valence-electron chi connectivity index (χ3n) is 2.55. The van der Waals surface area contributed by atoms with E-state index >= 15 is 0 Å². The van der Waals surface area contributed by atoms with Crippen molar-refractivity contribution >= 4 is 5.69 Å². The van der Waals surface area contributed by atoms with Gasteiger partial charge in [-0.3, -0.25) is 0 Å². The van der Waals surface area contributed by atoms with Crippen LogP contribution in [0, 0.1) is 0 Å². The number of ether oxygens (including phenoxy) is 1. The van der Waals surface area contributed by atoms with Crippen LogP contribution in [0.25, 0.3) is 0 Å². The molecule has 0 amide bonds. The highest BCUT2D eigenvalue weighted by Gasteiger charge is 2.42. The molecule has 1 aliphatic rings. The summed E-state index contributed by atoms with van der Waals surface area (Å²) >= 11 is 0. The zero-order chi connectivity index (χ0) is 11.0. The maximum Gasteiger partial charge on any atom is 0.162 e. The van der Waals surface area contributed by atoms with E-state index in [0.717, 1.165) is 0 Å². The number of nitrogens with two attached hydrogens (primary N) is 1. The fraction of sp³-hybridized carbons (Fsp3) is 0.556. The summed E-state index contributed by atoms with van der Waals surface area (Å²) in [5.74, 6) is 0. The summed E-state index contributed by atoms with van der Waals surface area (Å²) in [7, 11) is 0. The molecule has 15 heavy (non-hydrogen) atoms. The average molecular weight is 214 g/mol. The Bertz CT molecular complexity index is 341. The van der Waals surface area contributed by atoms with Crippen molar-refractivity contribution < 1.29 is 20.1 Å². The fourth-order valence-corrected chi connectivity index (χ4v) is 1.71. The van der Waals surface area contributed by atoms with Gasteiger partial charge in [-0.1, -0.05) is 0 Å². The molecule has 0 unspecified atom stereocenters. The van der Waals surface area contributed by atoms with E-state index in [0.29, 0.717) is 5.69 Å². The summed E-state index contributed by atoms with van der Waals surface area (Å²) in [5, 5.41) is 28.1. The lowest BCUT2D eigenvalue weighted by Crippen LogP contribution is -2.33. The predicted octanol–water partition coefficient (Wildman–Crippen LogP) is -1.32. The van der Waals surface area contributed by atoms with E-state index in [1.807, 2.05) is 0 Å². The summed E-state index contributed by atoms with van der Waals surface area (Å²) in [5.41, 5.74) is 6.07. The van der Waals surface area contributed by atoms with E-state index in [1.165, 1.54) is 0 Å². The molecule has 0 radical (unpaired) electrons. The van der Waals surface area contributed by atoms with Crippen molar-refractivity contribution in [2.75, 3.05) is 12.3 Å². The zero-order valence-corrected chi connectivity index (χ0v) is 8.02. The van der Waals surface area contributed by atoms with Crippen molar-refractivity contribution in [1.82, 2.24) is 4.57 Å². The van der Waals surface area contributed by atoms with Crippen LogP contribution >= 0.6 is 0 Å². The summed E-state index contributed by atoms with van der Waals surface area (Å²) in [6, 6.07) is 1.66. The summed E-state index contributed by atoms with van der Waals surface area (Å²) < 4.78 is 6.86. The molecule has 0 spiro atoms. The third-order valence-corrected chi connectivity index (χ3v) is 2.55. The van der Waals surface area contributed by atoms with Crippen molar-refractivity contribution in [2.45, 2.75) is 24.5 Å². The molecule has 1 aliphatic heterocycles. The molecule has 84 valence electrons. The highest BCUT2D eigenvalue weighted by molar-refractivity contribution is 5.34. The molecule has 0 saturated carbocycles. The van der Waals surface area contributed by atoms with Crippen molar-refractivity contribution in [3.05, 3.63) is 18.5 Å². The topological polar surface area (TPSA) is 101 Å². The molecular formula is C9H14N2O4. The number of aliphatic hydroxyl groups is 3. The van der Waals surface area contributed by atoms with Crippen molar-refractivity contribution in [2.24, 2.45) is 0 Å². The Balaban J connectivity index is 2.18. The van der Waals surface area contributed by atoms with Gasteiger partial charge < -0.3 is 30.4 Å². The van der Waals surface area contributed by atoms with E-state index < -0.39 is 24.5 Å². The van der Waals surface area contributed by atoms with Gasteiger partial charge >= 0.3 is 0 Å². The van der Waals surface area contributed by atoms with Gasteiger partial charge in [0.05, 0.1) is 6.61 Å². The number of aliphatic hydroxyl groups excluding tert-OH is 3. The second kappa shape index (κ2) is 3.82. The SMILES string of the molecule is Nc1ccn([C@@H]2O[C@H](CO)[C@@H](O)[C@H]2O)c1. The monoisotopic (exact) mass is 214 g/mol. The van der Waals surface area contributed by atoms with Gasteiger partial charge in [-0.15, -0.1) is 0 Å². The van der Waals surface area contributed by atoms with Gasteiger partial charge in [-0.25, -0.2) is 0 Å². The number of aromatic nitrogens is 1. The van der Waals surface area contributed by atoms with Crippen LogP contribution in [0.3, 0.4) is 0 Å². The minimum absolute atomic E-state index is 0.328. The number of anilines is 1. The lowest BCUT2D eigenvalue weighted by atomic mass is 10.1. The Morgan fingerprint density at radius 1 is 1.40 bits per heavy atom. The molecular weight excluding hydrogens is 200 g/mol. The van der Waals surface area contributed by atoms with E-state index in [1.54, 1.807) is 23.0 Å². The average Bonchev–Trinajstić information content (AvgIpc) is 2.74. The molecule has 2 rings (SSSR count). The minimum Gasteiger partial charge on any atom is -0.397 e. The van der Waals surface area contributed by atoms with Gasteiger partial charge in [0.1, 0.15) is 18.3 Å². The Kier molecular flexibility index (Phi) is 2.66. The summed E-state index contributed by atoms with van der Waals surface area (Å²) in [6.45, 7) is -0.328. The largest absolute Gasteiger partial charge is 0.397 e. The van der Waals surface area contributed by atoms with Crippen molar-refractivity contribution in [3.8, 4) is 0 Å². The molecule has 6 nitrogen and oxygen atoms in total. The van der Waals surface area contributed by atoms with Crippen molar-refractivity contribution in [3.63, 3.8) is 0 Å². The van der Waals surface area contributed by atoms with Gasteiger partial charge in [0.2, 0.25) is 0 Å². The highest BCUT2D eigenvalue weighted by Crippen LogP contribution is 2.29. The molecule has 4 atom stereocenters. The lowest BCUT2D eigenvalue weighted by Gasteiger charge is -2.16. The molecule has 6 heteroatoms. The van der Waals surface area contributed by atoms with Gasteiger partial charge in [0, 0.05) is 18.1 Å². The molecule has 1 aromatic rings. The Morgan fingerprint density at radius 2 is 2.13 bits per heavy atom. The van der Waals surface area contributed by atoms with Gasteiger partial charge in [-0.05, 0) is 6.07 Å². The van der Waals surface area contributed by atoms with Crippen LogP contribution in [0.2, 0.25) is 0 Å². The van der Waals surface area contributed by atoms with Gasteiger partial charge in [0.15, 0.2) is 6.23 Å². The number of hydrogen-bond acceptors (Lipinski definition) is 5. The van der Waals surface area contributed by atoms with Crippen molar-refractivity contribution in [1.29, 1.82) is 0 Å². The first kappa shape index (κ1) is 10.4. The Labute approximate surface area is 86.5 Å². The molecule has 0 bridgehead atoms. The Morgan fingerprint density at radius 3 is 2.60 bits per heavy atom. The van der Waals surface area contributed by atoms with Crippen LogP contribution in [0.1, 0.15) is 6.23 Å². The second-order valence-corrected chi connectivity index (χ2v) is 3.62. The molecule has 0 aliphatic carbocycles. The highest BCUT2D eigenvalue weighted by atomic mass is 16.6. The fourth-order valence-electron chi connectivity index (χ4n) is 1.71. The van der Waals surface area contributed by atoms with Crippen LogP contribution in [0.4, 0.5) is 5.69 Å². The summed E-state index contributed by atoms with van der Waals surface area (Å²) in [4.78, 5) is 0. The Hall–Kier alpha value is -1.08. The standard InChI is InChI=1S/C9H14N2O4/c10-5-1-2-11(3-5)9-8(14)7(13)6(4-12)15-9/h1-3,6-9,12-14H,4,10H2/t6-,7-,8-,9-/m1/s1. The van der Waals surface area contributed by atoms with E-state index in [2.05, 4.69) is 0 Å². The first-order valence-electron chi connectivity index (χ1n) is 4.69. The molecule has 1 fully saturated rings. The maximum absolute atomic E-state index is 9.67. The molecule has 1 saturated heterocycles. The van der Waals surface area contributed by atoms with Crippen LogP contribution in [-0.2, 0) is 4.74 Å². The lowest BCUT2D eigenvalue weighted by molar-refractivity contribution is -0.0525.